The Morgan fingerprint density at radius 1 is 1.04 bits per heavy atom. The molecule has 0 saturated heterocycles. The minimum absolute atomic E-state index is 0.0647. The van der Waals surface area contributed by atoms with E-state index in [1.165, 1.54) is 12.1 Å². The van der Waals surface area contributed by atoms with Crippen molar-refractivity contribution in [2.24, 2.45) is 0 Å². The van der Waals surface area contributed by atoms with Gasteiger partial charge in [-0.3, -0.25) is 4.79 Å². The van der Waals surface area contributed by atoms with Crippen molar-refractivity contribution in [3.05, 3.63) is 59.4 Å². The van der Waals surface area contributed by atoms with Crippen LogP contribution in [0.25, 0.3) is 0 Å². The molecule has 2 rings (SSSR count). The summed E-state index contributed by atoms with van der Waals surface area (Å²) < 4.78 is 53.3. The Hall–Kier alpha value is -3.10. The van der Waals surface area contributed by atoms with Gasteiger partial charge in [0.1, 0.15) is 17.1 Å². The van der Waals surface area contributed by atoms with Crippen LogP contribution in [-0.4, -0.2) is 23.3 Å². The highest BCUT2D eigenvalue weighted by molar-refractivity contribution is 6.07. The molecular formula is C15H9F4NO4. The first-order chi connectivity index (χ1) is 11.2. The molecule has 24 heavy (non-hydrogen) atoms. The summed E-state index contributed by atoms with van der Waals surface area (Å²) in [6, 6.07) is 7.26. The number of amides is 1. The SMILES string of the molecule is O=C(Nc1cccc(F)c1C(=O)O)c1ccc(OC(F)(F)F)cc1. The standard InChI is InChI=1S/C15H9F4NO4/c16-10-2-1-3-11(12(10)14(22)23)20-13(21)8-4-6-9(7-5-8)24-15(17,18)19/h1-7H,(H,20,21)(H,22,23). The van der Waals surface area contributed by atoms with Crippen molar-refractivity contribution in [3.8, 4) is 5.75 Å². The van der Waals surface area contributed by atoms with Crippen molar-refractivity contribution in [1.82, 2.24) is 0 Å². The maximum atomic E-state index is 13.5. The molecule has 0 unspecified atom stereocenters. The smallest absolute Gasteiger partial charge is 0.478 e. The molecule has 0 fully saturated rings. The van der Waals surface area contributed by atoms with Crippen LogP contribution in [0.4, 0.5) is 23.2 Å². The average Bonchev–Trinajstić information content (AvgIpc) is 2.45. The van der Waals surface area contributed by atoms with E-state index < -0.39 is 35.4 Å². The third-order valence-corrected chi connectivity index (χ3v) is 2.83. The Morgan fingerprint density at radius 3 is 2.21 bits per heavy atom. The summed E-state index contributed by atoms with van der Waals surface area (Å²) in [5.74, 6) is -3.94. The Kier molecular flexibility index (Phi) is 4.72. The van der Waals surface area contributed by atoms with Crippen molar-refractivity contribution < 1.29 is 37.0 Å². The first-order valence-electron chi connectivity index (χ1n) is 6.36. The van der Waals surface area contributed by atoms with Crippen LogP contribution in [0, 0.1) is 5.82 Å². The summed E-state index contributed by atoms with van der Waals surface area (Å²) in [5, 5.41) is 11.2. The second kappa shape index (κ2) is 6.57. The van der Waals surface area contributed by atoms with Gasteiger partial charge in [-0.25, -0.2) is 9.18 Å². The predicted molar refractivity (Wildman–Crippen MR) is 74.4 cm³/mol. The lowest BCUT2D eigenvalue weighted by Crippen LogP contribution is -2.18. The summed E-state index contributed by atoms with van der Waals surface area (Å²) in [6.07, 6.45) is -4.86. The number of carbonyl (C=O) groups is 2. The molecule has 0 bridgehead atoms. The van der Waals surface area contributed by atoms with E-state index in [9.17, 15) is 27.2 Å². The van der Waals surface area contributed by atoms with E-state index in [4.69, 9.17) is 5.11 Å². The molecule has 0 aliphatic heterocycles. The van der Waals surface area contributed by atoms with Crippen LogP contribution in [-0.2, 0) is 0 Å². The molecule has 0 aliphatic carbocycles. The third-order valence-electron chi connectivity index (χ3n) is 2.83. The number of aromatic carboxylic acids is 1. The Balaban J connectivity index is 2.19. The van der Waals surface area contributed by atoms with E-state index in [2.05, 4.69) is 10.1 Å². The van der Waals surface area contributed by atoms with Crippen LogP contribution >= 0.6 is 0 Å². The number of carboxylic acid groups (broad SMARTS) is 1. The number of carboxylic acids is 1. The van der Waals surface area contributed by atoms with E-state index in [-0.39, 0.29) is 11.3 Å². The quantitative estimate of drug-likeness (QED) is 0.831. The molecule has 0 aliphatic rings. The highest BCUT2D eigenvalue weighted by Crippen LogP contribution is 2.24. The van der Waals surface area contributed by atoms with Gasteiger partial charge in [-0.2, -0.15) is 0 Å². The van der Waals surface area contributed by atoms with E-state index in [0.717, 1.165) is 30.3 Å². The van der Waals surface area contributed by atoms with Gasteiger partial charge >= 0.3 is 12.3 Å². The maximum absolute atomic E-state index is 13.5. The van der Waals surface area contributed by atoms with Gasteiger partial charge in [0, 0.05) is 5.56 Å². The van der Waals surface area contributed by atoms with Crippen molar-refractivity contribution in [1.29, 1.82) is 0 Å². The van der Waals surface area contributed by atoms with Crippen LogP contribution in [0.2, 0.25) is 0 Å². The van der Waals surface area contributed by atoms with E-state index >= 15 is 0 Å². The number of nitrogens with one attached hydrogen (secondary N) is 1. The zero-order valence-corrected chi connectivity index (χ0v) is 11.7. The van der Waals surface area contributed by atoms with E-state index in [1.807, 2.05) is 0 Å². The third kappa shape index (κ3) is 4.22. The van der Waals surface area contributed by atoms with Crippen molar-refractivity contribution in [3.63, 3.8) is 0 Å². The minimum Gasteiger partial charge on any atom is -0.478 e. The fraction of sp³-hybridized carbons (Fsp3) is 0.0667. The molecule has 0 aromatic heterocycles. The monoisotopic (exact) mass is 343 g/mol. The molecule has 126 valence electrons. The summed E-state index contributed by atoms with van der Waals surface area (Å²) >= 11 is 0. The van der Waals surface area contributed by atoms with Gasteiger partial charge in [0.15, 0.2) is 0 Å². The summed E-state index contributed by atoms with van der Waals surface area (Å²) in [7, 11) is 0. The van der Waals surface area contributed by atoms with Crippen LogP contribution in [0.1, 0.15) is 20.7 Å². The fourth-order valence-electron chi connectivity index (χ4n) is 1.85. The van der Waals surface area contributed by atoms with Crippen molar-refractivity contribution in [2.45, 2.75) is 6.36 Å². The largest absolute Gasteiger partial charge is 0.573 e. The summed E-state index contributed by atoms with van der Waals surface area (Å²) in [6.45, 7) is 0. The van der Waals surface area contributed by atoms with Gasteiger partial charge in [0.05, 0.1) is 5.69 Å². The number of ether oxygens (including phenoxy) is 1. The number of alkyl halides is 3. The molecule has 1 amide bonds. The molecule has 0 spiro atoms. The van der Waals surface area contributed by atoms with E-state index in [0.29, 0.717) is 0 Å². The van der Waals surface area contributed by atoms with Gasteiger partial charge in [0.2, 0.25) is 0 Å². The molecule has 2 aromatic rings. The molecule has 2 aromatic carbocycles. The molecule has 9 heteroatoms. The Labute approximate surface area is 132 Å². The highest BCUT2D eigenvalue weighted by Gasteiger charge is 2.31. The van der Waals surface area contributed by atoms with Gasteiger partial charge < -0.3 is 15.2 Å². The second-order valence-corrected chi connectivity index (χ2v) is 4.49. The lowest BCUT2D eigenvalue weighted by Gasteiger charge is -2.11. The maximum Gasteiger partial charge on any atom is 0.573 e. The van der Waals surface area contributed by atoms with Gasteiger partial charge in [-0.05, 0) is 36.4 Å². The number of benzene rings is 2. The molecule has 5 nitrogen and oxygen atoms in total. The molecule has 0 heterocycles. The molecule has 0 saturated carbocycles. The molecule has 2 N–H and O–H groups in total. The normalized spacial score (nSPS) is 11.0. The Bertz CT molecular complexity index is 772. The van der Waals surface area contributed by atoms with Gasteiger partial charge in [0.25, 0.3) is 5.91 Å². The molecule has 0 radical (unpaired) electrons. The first kappa shape index (κ1) is 17.3. The first-order valence-corrected chi connectivity index (χ1v) is 6.36. The van der Waals surface area contributed by atoms with Crippen LogP contribution < -0.4 is 10.1 Å². The lowest BCUT2D eigenvalue weighted by atomic mass is 10.1. The topological polar surface area (TPSA) is 75.6 Å². The number of hydrogen-bond donors (Lipinski definition) is 2. The lowest BCUT2D eigenvalue weighted by molar-refractivity contribution is -0.274. The summed E-state index contributed by atoms with van der Waals surface area (Å²) in [4.78, 5) is 23.0. The molecular weight excluding hydrogens is 334 g/mol. The second-order valence-electron chi connectivity index (χ2n) is 4.49. The van der Waals surface area contributed by atoms with Gasteiger partial charge in [-0.15, -0.1) is 13.2 Å². The van der Waals surface area contributed by atoms with E-state index in [1.54, 1.807) is 0 Å². The van der Waals surface area contributed by atoms with Crippen LogP contribution in [0.5, 0.6) is 5.75 Å². The number of anilines is 1. The minimum atomic E-state index is -4.86. The predicted octanol–water partition coefficient (Wildman–Crippen LogP) is 3.67. The van der Waals surface area contributed by atoms with Crippen LogP contribution in [0.15, 0.2) is 42.5 Å². The zero-order valence-electron chi connectivity index (χ0n) is 11.7. The Morgan fingerprint density at radius 2 is 1.67 bits per heavy atom. The summed E-state index contributed by atoms with van der Waals surface area (Å²) in [5.41, 5.74) is -1.06. The number of carbonyl (C=O) groups excluding carboxylic acids is 1. The van der Waals surface area contributed by atoms with Crippen LogP contribution in [0.3, 0.4) is 0 Å². The average molecular weight is 343 g/mol. The van der Waals surface area contributed by atoms with Crippen molar-refractivity contribution >= 4 is 17.6 Å². The van der Waals surface area contributed by atoms with Crippen molar-refractivity contribution in [2.75, 3.05) is 5.32 Å². The number of halogens is 4. The zero-order chi connectivity index (χ0) is 17.9. The number of rotatable bonds is 4. The highest BCUT2D eigenvalue weighted by atomic mass is 19.4. The fourth-order valence-corrected chi connectivity index (χ4v) is 1.85. The molecule has 0 atom stereocenters. The van der Waals surface area contributed by atoms with Gasteiger partial charge in [-0.1, -0.05) is 6.07 Å². The number of hydrogen-bond acceptors (Lipinski definition) is 3.